The molecule has 2 aliphatic rings. The zero-order valence-electron chi connectivity index (χ0n) is 10.2. The second kappa shape index (κ2) is 5.29. The summed E-state index contributed by atoms with van der Waals surface area (Å²) in [6.07, 6.45) is 3.68. The minimum Gasteiger partial charge on any atom is -0.352 e. The molecule has 2 aliphatic heterocycles. The molecule has 1 saturated heterocycles. The molecule has 0 amide bonds. The fourth-order valence-corrected chi connectivity index (χ4v) is 3.03. The van der Waals surface area contributed by atoms with Crippen molar-refractivity contribution in [3.63, 3.8) is 0 Å². The summed E-state index contributed by atoms with van der Waals surface area (Å²) in [4.78, 5) is 19.0. The largest absolute Gasteiger partial charge is 0.352 e. The number of halogens is 1. The van der Waals surface area contributed by atoms with Crippen molar-refractivity contribution in [1.82, 2.24) is 9.80 Å². The Morgan fingerprint density at radius 2 is 2.39 bits per heavy atom. The quantitative estimate of drug-likeness (QED) is 0.190. The van der Waals surface area contributed by atoms with Gasteiger partial charge in [-0.15, -0.1) is 0 Å². The minimum absolute atomic E-state index is 0.0780. The number of Topliss-reactive ketones (excluding diaryl/α,β-unsaturated/α-hetero) is 1. The number of hydrogen-bond donors (Lipinski definition) is 0. The molecule has 96 valence electrons. The van der Waals surface area contributed by atoms with Crippen molar-refractivity contribution >= 4 is 28.4 Å². The van der Waals surface area contributed by atoms with E-state index in [0.29, 0.717) is 6.67 Å². The van der Waals surface area contributed by atoms with Crippen molar-refractivity contribution in [2.45, 2.75) is 24.1 Å². The Hall–Kier alpha value is -1.05. The summed E-state index contributed by atoms with van der Waals surface area (Å²) in [6, 6.07) is 0. The number of alkyl halides is 1. The molecule has 7 heteroatoms. The molecule has 0 aromatic rings. The first kappa shape index (κ1) is 13.4. The molecule has 2 rings (SSSR count). The zero-order chi connectivity index (χ0) is 13.3. The van der Waals surface area contributed by atoms with Crippen LogP contribution in [0.25, 0.3) is 10.4 Å². The van der Waals surface area contributed by atoms with Crippen molar-refractivity contribution < 1.29 is 4.79 Å². The average Bonchev–Trinajstić information content (AvgIpc) is 2.34. The number of carbonyl (C=O) groups excluding carboxylic acids is 1. The third kappa shape index (κ3) is 2.38. The van der Waals surface area contributed by atoms with Gasteiger partial charge in [0.05, 0.1) is 18.5 Å². The van der Waals surface area contributed by atoms with Crippen LogP contribution in [0.3, 0.4) is 0 Å². The molecule has 6 nitrogen and oxygen atoms in total. The van der Waals surface area contributed by atoms with Crippen LogP contribution in [0.5, 0.6) is 0 Å². The lowest BCUT2D eigenvalue weighted by molar-refractivity contribution is -0.123. The zero-order valence-corrected chi connectivity index (χ0v) is 12.4. The molecule has 0 aliphatic carbocycles. The molecule has 2 unspecified atom stereocenters. The lowest BCUT2D eigenvalue weighted by atomic mass is 10.1. The van der Waals surface area contributed by atoms with Crippen molar-refractivity contribution in [2.75, 3.05) is 13.2 Å². The van der Waals surface area contributed by atoms with Gasteiger partial charge in [-0.3, -0.25) is 9.69 Å². The van der Waals surface area contributed by atoms with E-state index < -0.39 is 0 Å². The topological polar surface area (TPSA) is 72.3 Å². The second-order valence-corrected chi connectivity index (χ2v) is 5.57. The predicted octanol–water partition coefficient (Wildman–Crippen LogP) is 2.39. The van der Waals surface area contributed by atoms with Crippen LogP contribution in [-0.2, 0) is 4.79 Å². The van der Waals surface area contributed by atoms with Gasteiger partial charge in [0.15, 0.2) is 0 Å². The molecule has 0 aromatic heterocycles. The number of carbonyl (C=O) groups is 1. The maximum absolute atomic E-state index is 12.3. The van der Waals surface area contributed by atoms with Crippen LogP contribution in [0, 0.1) is 0 Å². The van der Waals surface area contributed by atoms with E-state index in [1.807, 2.05) is 22.8 Å². The van der Waals surface area contributed by atoms with Crippen molar-refractivity contribution in [1.29, 1.82) is 0 Å². The van der Waals surface area contributed by atoms with E-state index >= 15 is 0 Å². The Bertz CT molecular complexity index is 480. The highest BCUT2D eigenvalue weighted by molar-refractivity contribution is 14.1. The summed E-state index contributed by atoms with van der Waals surface area (Å²) >= 11 is 2.10. The molecule has 0 aromatic carbocycles. The third-order valence-electron chi connectivity index (χ3n) is 3.13. The molecule has 0 bridgehead atoms. The van der Waals surface area contributed by atoms with E-state index in [0.717, 1.165) is 17.8 Å². The summed E-state index contributed by atoms with van der Waals surface area (Å²) in [7, 11) is 0. The number of allylic oxidation sites excluding steroid dienone is 2. The summed E-state index contributed by atoms with van der Waals surface area (Å²) in [6.45, 7) is 5.13. The predicted molar refractivity (Wildman–Crippen MR) is 76.7 cm³/mol. The standard InChI is InChI=1S/C11H14IN5O/c1-7-3-4-16-6-17(8(2)14-15-13)11(12)10(18)9(16)5-7/h3,5,8,11H,4,6H2,1-2H3. The fraction of sp³-hybridized carbons (Fsp3) is 0.545. The molecule has 0 saturated carbocycles. The van der Waals surface area contributed by atoms with Gasteiger partial charge >= 0.3 is 0 Å². The Labute approximate surface area is 119 Å². The van der Waals surface area contributed by atoms with E-state index in [2.05, 4.69) is 38.7 Å². The van der Waals surface area contributed by atoms with Crippen LogP contribution < -0.4 is 0 Å². The van der Waals surface area contributed by atoms with Gasteiger partial charge in [0.25, 0.3) is 0 Å². The van der Waals surface area contributed by atoms with Crippen LogP contribution in [0.1, 0.15) is 13.8 Å². The number of nitrogens with zero attached hydrogens (tertiary/aromatic N) is 5. The first-order valence-corrected chi connectivity index (χ1v) is 6.91. The van der Waals surface area contributed by atoms with E-state index in [4.69, 9.17) is 5.53 Å². The van der Waals surface area contributed by atoms with Gasteiger partial charge in [0.2, 0.25) is 5.78 Å². The van der Waals surface area contributed by atoms with Crippen LogP contribution in [-0.4, -0.2) is 39.0 Å². The highest BCUT2D eigenvalue weighted by Gasteiger charge is 2.37. The normalized spacial score (nSPS) is 25.8. The highest BCUT2D eigenvalue weighted by Crippen LogP contribution is 2.28. The van der Waals surface area contributed by atoms with Gasteiger partial charge in [0, 0.05) is 11.5 Å². The SMILES string of the molecule is CC1=CCN2CN(C(C)N=[N+]=[N-])C(I)C(=O)C2=C1. The summed E-state index contributed by atoms with van der Waals surface area (Å²) in [5, 5.41) is 3.67. The third-order valence-corrected chi connectivity index (χ3v) is 4.41. The minimum atomic E-state index is -0.325. The number of ketones is 1. The highest BCUT2D eigenvalue weighted by atomic mass is 127. The molecular formula is C11H14IN5O. The summed E-state index contributed by atoms with van der Waals surface area (Å²) in [5.74, 6) is 0.0780. The van der Waals surface area contributed by atoms with Gasteiger partial charge < -0.3 is 4.90 Å². The molecule has 1 fully saturated rings. The van der Waals surface area contributed by atoms with Crippen LogP contribution in [0.15, 0.2) is 28.5 Å². The van der Waals surface area contributed by atoms with Gasteiger partial charge in [0.1, 0.15) is 4.05 Å². The van der Waals surface area contributed by atoms with Gasteiger partial charge in [-0.25, -0.2) is 0 Å². The molecule has 0 N–H and O–H groups in total. The van der Waals surface area contributed by atoms with Crippen molar-refractivity contribution in [2.24, 2.45) is 5.11 Å². The van der Waals surface area contributed by atoms with Crippen molar-refractivity contribution in [3.8, 4) is 0 Å². The monoisotopic (exact) mass is 359 g/mol. The Morgan fingerprint density at radius 1 is 1.67 bits per heavy atom. The Kier molecular flexibility index (Phi) is 3.94. The number of fused-ring (bicyclic) bond motifs is 1. The average molecular weight is 359 g/mol. The maximum atomic E-state index is 12.3. The fourth-order valence-electron chi connectivity index (χ4n) is 2.07. The number of rotatable bonds is 2. The Balaban J connectivity index is 2.26. The van der Waals surface area contributed by atoms with Crippen LogP contribution in [0.2, 0.25) is 0 Å². The lowest BCUT2D eigenvalue weighted by Crippen LogP contribution is -2.55. The lowest BCUT2D eigenvalue weighted by Gasteiger charge is -2.43. The molecular weight excluding hydrogens is 345 g/mol. The van der Waals surface area contributed by atoms with Crippen molar-refractivity contribution in [3.05, 3.63) is 33.9 Å². The molecule has 2 atom stereocenters. The molecule has 2 heterocycles. The summed E-state index contributed by atoms with van der Waals surface area (Å²) in [5.41, 5.74) is 10.4. The molecule has 0 spiro atoms. The smallest absolute Gasteiger partial charge is 0.206 e. The maximum Gasteiger partial charge on any atom is 0.206 e. The summed E-state index contributed by atoms with van der Waals surface area (Å²) < 4.78 is -0.281. The second-order valence-electron chi connectivity index (χ2n) is 4.39. The Morgan fingerprint density at radius 3 is 3.06 bits per heavy atom. The van der Waals surface area contributed by atoms with Gasteiger partial charge in [-0.05, 0) is 25.5 Å². The van der Waals surface area contributed by atoms with E-state index in [-0.39, 0.29) is 16.0 Å². The number of azide groups is 1. The van der Waals surface area contributed by atoms with Crippen LogP contribution >= 0.6 is 22.6 Å². The molecule has 0 radical (unpaired) electrons. The number of hydrogen-bond acceptors (Lipinski definition) is 4. The first-order valence-electron chi connectivity index (χ1n) is 5.66. The van der Waals surface area contributed by atoms with E-state index in [1.54, 1.807) is 6.92 Å². The molecule has 18 heavy (non-hydrogen) atoms. The van der Waals surface area contributed by atoms with E-state index in [9.17, 15) is 4.79 Å². The van der Waals surface area contributed by atoms with Gasteiger partial charge in [-0.2, -0.15) is 0 Å². The first-order chi connectivity index (χ1) is 8.54. The van der Waals surface area contributed by atoms with Gasteiger partial charge in [-0.1, -0.05) is 39.4 Å². The van der Waals surface area contributed by atoms with Crippen LogP contribution in [0.4, 0.5) is 0 Å². The van der Waals surface area contributed by atoms with E-state index in [1.165, 1.54) is 0 Å².